The van der Waals surface area contributed by atoms with Gasteiger partial charge < -0.3 is 10.2 Å². The highest BCUT2D eigenvalue weighted by molar-refractivity contribution is 4.91. The van der Waals surface area contributed by atoms with Crippen molar-refractivity contribution in [2.75, 3.05) is 0 Å². The van der Waals surface area contributed by atoms with Gasteiger partial charge in [-0.2, -0.15) is 13.2 Å². The first-order chi connectivity index (χ1) is 6.80. The Bertz CT molecular complexity index is 321. The number of nitrogens with two attached hydrogens (primary N) is 1. The van der Waals surface area contributed by atoms with Crippen molar-refractivity contribution in [3.63, 3.8) is 0 Å². The summed E-state index contributed by atoms with van der Waals surface area (Å²) < 4.78 is 40.7. The maximum atomic E-state index is 12.1. The van der Waals surface area contributed by atoms with Crippen LogP contribution in [0.25, 0.3) is 0 Å². The highest BCUT2D eigenvalue weighted by Crippen LogP contribution is 2.29. The molecule has 4 nitrogen and oxygen atoms in total. The molecule has 1 heterocycles. The molecule has 0 aliphatic rings. The second-order valence-corrected chi connectivity index (χ2v) is 3.68. The summed E-state index contributed by atoms with van der Waals surface area (Å²) in [6, 6.07) is -0.645. The zero-order chi connectivity index (χ0) is 11.6. The molecule has 0 aliphatic carbocycles. The molecule has 0 radical (unpaired) electrons. The van der Waals surface area contributed by atoms with Gasteiger partial charge in [0, 0.05) is 0 Å². The molecule has 86 valence electrons. The van der Waals surface area contributed by atoms with E-state index in [1.807, 2.05) is 13.8 Å². The minimum atomic E-state index is -4.61. The van der Waals surface area contributed by atoms with Crippen LogP contribution < -0.4 is 5.73 Å². The van der Waals surface area contributed by atoms with E-state index in [1.54, 1.807) is 0 Å². The molecule has 0 saturated carbocycles. The average molecular weight is 223 g/mol. The molecule has 0 spiro atoms. The smallest absolute Gasteiger partial charge is 0.416 e. The molecule has 2 N–H and O–H groups in total. The fourth-order valence-electron chi connectivity index (χ4n) is 1.11. The van der Waals surface area contributed by atoms with Crippen molar-refractivity contribution in [2.45, 2.75) is 32.5 Å². The van der Waals surface area contributed by atoms with Crippen LogP contribution >= 0.6 is 0 Å². The van der Waals surface area contributed by atoms with Crippen LogP contribution in [0.15, 0.2) is 4.42 Å². The van der Waals surface area contributed by atoms with Crippen LogP contribution in [0.1, 0.15) is 38.1 Å². The Labute approximate surface area is 84.7 Å². The quantitative estimate of drug-likeness (QED) is 0.852. The highest BCUT2D eigenvalue weighted by atomic mass is 19.4. The molecule has 7 heteroatoms. The van der Waals surface area contributed by atoms with E-state index >= 15 is 0 Å². The summed E-state index contributed by atoms with van der Waals surface area (Å²) in [5.41, 5.74) is 5.59. The molecule has 15 heavy (non-hydrogen) atoms. The van der Waals surface area contributed by atoms with Crippen molar-refractivity contribution < 1.29 is 17.6 Å². The molecular formula is C8H12F3N3O. The predicted molar refractivity (Wildman–Crippen MR) is 45.7 cm³/mol. The zero-order valence-electron chi connectivity index (χ0n) is 8.38. The number of nitrogens with zero attached hydrogens (tertiary/aromatic N) is 2. The Morgan fingerprint density at radius 1 is 1.33 bits per heavy atom. The van der Waals surface area contributed by atoms with Crippen molar-refractivity contribution in [3.05, 3.63) is 11.8 Å². The lowest BCUT2D eigenvalue weighted by Gasteiger charge is -2.08. The van der Waals surface area contributed by atoms with E-state index in [0.717, 1.165) is 0 Å². The zero-order valence-corrected chi connectivity index (χ0v) is 8.38. The van der Waals surface area contributed by atoms with E-state index in [-0.39, 0.29) is 11.8 Å². The van der Waals surface area contributed by atoms with Gasteiger partial charge >= 0.3 is 12.1 Å². The summed E-state index contributed by atoms with van der Waals surface area (Å²) >= 11 is 0. The second-order valence-electron chi connectivity index (χ2n) is 3.68. The molecule has 1 aromatic rings. The fourth-order valence-corrected chi connectivity index (χ4v) is 1.11. The van der Waals surface area contributed by atoms with Crippen LogP contribution in [0.5, 0.6) is 0 Å². The van der Waals surface area contributed by atoms with Crippen LogP contribution in [-0.2, 0) is 6.18 Å². The minimum absolute atomic E-state index is 0.170. The third kappa shape index (κ3) is 3.19. The molecule has 0 bridgehead atoms. The topological polar surface area (TPSA) is 64.9 Å². The summed E-state index contributed by atoms with van der Waals surface area (Å²) in [5.74, 6) is -1.27. The number of alkyl halides is 3. The average Bonchev–Trinajstić information content (AvgIpc) is 2.48. The molecular weight excluding hydrogens is 211 g/mol. The lowest BCUT2D eigenvalue weighted by atomic mass is 10.1. The second kappa shape index (κ2) is 4.18. The van der Waals surface area contributed by atoms with Gasteiger partial charge in [-0.15, -0.1) is 10.2 Å². The molecule has 0 amide bonds. The van der Waals surface area contributed by atoms with Gasteiger partial charge in [-0.3, -0.25) is 0 Å². The third-order valence-electron chi connectivity index (χ3n) is 1.73. The van der Waals surface area contributed by atoms with Gasteiger partial charge in [-0.25, -0.2) is 0 Å². The van der Waals surface area contributed by atoms with Crippen molar-refractivity contribution in [3.8, 4) is 0 Å². The summed E-state index contributed by atoms with van der Waals surface area (Å²) in [6.45, 7) is 3.81. The molecule has 0 aromatic carbocycles. The molecule has 0 saturated heterocycles. The molecule has 1 aromatic heterocycles. The van der Waals surface area contributed by atoms with Gasteiger partial charge in [-0.05, 0) is 12.3 Å². The third-order valence-corrected chi connectivity index (χ3v) is 1.73. The Hall–Kier alpha value is -1.11. The summed E-state index contributed by atoms with van der Waals surface area (Å²) in [4.78, 5) is 0. The van der Waals surface area contributed by atoms with E-state index in [0.29, 0.717) is 6.42 Å². The maximum absolute atomic E-state index is 12.1. The SMILES string of the molecule is CC(C)CC(N)c1nnc(C(F)(F)F)o1. The Morgan fingerprint density at radius 2 is 1.93 bits per heavy atom. The van der Waals surface area contributed by atoms with Crippen LogP contribution in [0, 0.1) is 5.92 Å². The summed E-state index contributed by atoms with van der Waals surface area (Å²) in [5, 5.41) is 6.17. The monoisotopic (exact) mass is 223 g/mol. The Kier molecular flexibility index (Phi) is 3.33. The van der Waals surface area contributed by atoms with E-state index in [2.05, 4.69) is 14.6 Å². The molecule has 1 unspecified atom stereocenters. The standard InChI is InChI=1S/C8H12F3N3O/c1-4(2)3-5(12)6-13-14-7(15-6)8(9,10)11/h4-5H,3,12H2,1-2H3. The first-order valence-electron chi connectivity index (χ1n) is 4.47. The van der Waals surface area contributed by atoms with E-state index < -0.39 is 18.1 Å². The van der Waals surface area contributed by atoms with E-state index in [4.69, 9.17) is 5.73 Å². The Morgan fingerprint density at radius 3 is 2.33 bits per heavy atom. The lowest BCUT2D eigenvalue weighted by Crippen LogP contribution is -2.13. The van der Waals surface area contributed by atoms with Gasteiger partial charge in [0.15, 0.2) is 0 Å². The lowest BCUT2D eigenvalue weighted by molar-refractivity contribution is -0.157. The van der Waals surface area contributed by atoms with E-state index in [9.17, 15) is 13.2 Å². The van der Waals surface area contributed by atoms with Crippen molar-refractivity contribution in [2.24, 2.45) is 11.7 Å². The van der Waals surface area contributed by atoms with Gasteiger partial charge in [0.05, 0.1) is 6.04 Å². The first-order valence-corrected chi connectivity index (χ1v) is 4.47. The Balaban J connectivity index is 2.76. The number of aromatic nitrogens is 2. The molecule has 0 fully saturated rings. The summed E-state index contributed by atoms with van der Waals surface area (Å²) in [6.07, 6.45) is -4.11. The molecule has 0 aliphatic heterocycles. The van der Waals surface area contributed by atoms with Crippen LogP contribution in [0.2, 0.25) is 0 Å². The van der Waals surface area contributed by atoms with Crippen molar-refractivity contribution in [1.29, 1.82) is 0 Å². The van der Waals surface area contributed by atoms with Crippen LogP contribution in [-0.4, -0.2) is 10.2 Å². The number of hydrogen-bond donors (Lipinski definition) is 1. The minimum Gasteiger partial charge on any atom is -0.416 e. The largest absolute Gasteiger partial charge is 0.470 e. The van der Waals surface area contributed by atoms with E-state index in [1.165, 1.54) is 0 Å². The van der Waals surface area contributed by atoms with Gasteiger partial charge in [0.25, 0.3) is 0 Å². The number of rotatable bonds is 3. The number of halogens is 3. The van der Waals surface area contributed by atoms with Gasteiger partial charge in [0.2, 0.25) is 5.89 Å². The first kappa shape index (κ1) is 12.0. The predicted octanol–water partition coefficient (Wildman–Crippen LogP) is 2.13. The highest BCUT2D eigenvalue weighted by Gasteiger charge is 2.38. The van der Waals surface area contributed by atoms with Crippen LogP contribution in [0.4, 0.5) is 13.2 Å². The van der Waals surface area contributed by atoms with Crippen molar-refractivity contribution in [1.82, 2.24) is 10.2 Å². The fraction of sp³-hybridized carbons (Fsp3) is 0.750. The maximum Gasteiger partial charge on any atom is 0.470 e. The van der Waals surface area contributed by atoms with Crippen LogP contribution in [0.3, 0.4) is 0 Å². The molecule has 1 rings (SSSR count). The van der Waals surface area contributed by atoms with Gasteiger partial charge in [0.1, 0.15) is 0 Å². The normalized spacial score (nSPS) is 14.6. The number of hydrogen-bond acceptors (Lipinski definition) is 4. The summed E-state index contributed by atoms with van der Waals surface area (Å²) in [7, 11) is 0. The van der Waals surface area contributed by atoms with Crippen molar-refractivity contribution >= 4 is 0 Å². The van der Waals surface area contributed by atoms with Gasteiger partial charge in [-0.1, -0.05) is 13.8 Å². The molecule has 1 atom stereocenters.